The lowest BCUT2D eigenvalue weighted by Gasteiger charge is -2.34. The van der Waals surface area contributed by atoms with Gasteiger partial charge in [-0.1, -0.05) is 0 Å². The predicted octanol–water partition coefficient (Wildman–Crippen LogP) is 2.51. The third kappa shape index (κ3) is 2.04. The van der Waals surface area contributed by atoms with Gasteiger partial charge in [-0.3, -0.25) is 4.79 Å². The number of hydrogen-bond acceptors (Lipinski definition) is 3. The SMILES string of the molecule is CC1c2cccn2CCN1C(=O)c1cc2ncc(Br)cn2n1. The summed E-state index contributed by atoms with van der Waals surface area (Å²) in [5, 5.41) is 4.35. The highest BCUT2D eigenvalue weighted by atomic mass is 79.9. The first-order valence-electron chi connectivity index (χ1n) is 7.10. The number of aromatic nitrogens is 4. The number of carbonyl (C=O) groups excluding carboxylic acids is 1. The van der Waals surface area contributed by atoms with Crippen LogP contribution in [0.25, 0.3) is 5.65 Å². The van der Waals surface area contributed by atoms with Gasteiger partial charge in [0, 0.05) is 43.4 Å². The smallest absolute Gasteiger partial charge is 0.275 e. The Balaban J connectivity index is 1.68. The van der Waals surface area contributed by atoms with Gasteiger partial charge in [0.15, 0.2) is 11.3 Å². The Morgan fingerprint density at radius 1 is 1.41 bits per heavy atom. The van der Waals surface area contributed by atoms with Crippen molar-refractivity contribution in [2.45, 2.75) is 19.5 Å². The Labute approximate surface area is 135 Å². The van der Waals surface area contributed by atoms with Gasteiger partial charge in [-0.15, -0.1) is 0 Å². The van der Waals surface area contributed by atoms with Crippen molar-refractivity contribution in [1.29, 1.82) is 0 Å². The zero-order valence-corrected chi connectivity index (χ0v) is 13.6. The van der Waals surface area contributed by atoms with Crippen molar-refractivity contribution in [2.75, 3.05) is 6.54 Å². The van der Waals surface area contributed by atoms with Crippen LogP contribution in [-0.2, 0) is 6.54 Å². The molecular formula is C15H14BrN5O. The minimum Gasteiger partial charge on any atom is -0.348 e. The molecule has 0 radical (unpaired) electrons. The molecule has 1 unspecified atom stereocenters. The average molecular weight is 360 g/mol. The lowest BCUT2D eigenvalue weighted by Crippen LogP contribution is -2.40. The molecule has 4 heterocycles. The number of nitrogens with zero attached hydrogens (tertiary/aromatic N) is 5. The van der Waals surface area contributed by atoms with Crippen molar-refractivity contribution in [1.82, 2.24) is 24.1 Å². The van der Waals surface area contributed by atoms with Gasteiger partial charge < -0.3 is 9.47 Å². The molecule has 0 N–H and O–H groups in total. The summed E-state index contributed by atoms with van der Waals surface area (Å²) in [6.07, 6.45) is 5.55. The second kappa shape index (κ2) is 4.95. The van der Waals surface area contributed by atoms with Crippen LogP contribution < -0.4 is 0 Å². The van der Waals surface area contributed by atoms with E-state index in [1.165, 1.54) is 0 Å². The summed E-state index contributed by atoms with van der Waals surface area (Å²) in [5.74, 6) is -0.0541. The fourth-order valence-electron chi connectivity index (χ4n) is 2.96. The molecule has 4 rings (SSSR count). The van der Waals surface area contributed by atoms with Gasteiger partial charge in [0.2, 0.25) is 0 Å². The van der Waals surface area contributed by atoms with Crippen LogP contribution in [0.15, 0.2) is 41.3 Å². The van der Waals surface area contributed by atoms with Crippen LogP contribution in [0.4, 0.5) is 0 Å². The van der Waals surface area contributed by atoms with Crippen LogP contribution in [0, 0.1) is 0 Å². The maximum atomic E-state index is 12.8. The van der Waals surface area contributed by atoms with Gasteiger partial charge in [0.25, 0.3) is 5.91 Å². The number of halogens is 1. The molecule has 3 aromatic rings. The van der Waals surface area contributed by atoms with Gasteiger partial charge in [-0.05, 0) is 35.0 Å². The van der Waals surface area contributed by atoms with Crippen LogP contribution >= 0.6 is 15.9 Å². The maximum absolute atomic E-state index is 12.8. The Hall–Kier alpha value is -2.15. The van der Waals surface area contributed by atoms with Crippen LogP contribution in [-0.4, -0.2) is 36.5 Å². The van der Waals surface area contributed by atoms with Crippen molar-refractivity contribution in [3.63, 3.8) is 0 Å². The summed E-state index contributed by atoms with van der Waals surface area (Å²) in [6.45, 7) is 3.55. The molecule has 0 aromatic carbocycles. The number of hydrogen-bond donors (Lipinski definition) is 0. The van der Waals surface area contributed by atoms with Crippen molar-refractivity contribution in [3.8, 4) is 0 Å². The average Bonchev–Trinajstić information content (AvgIpc) is 3.12. The molecule has 1 aliphatic rings. The predicted molar refractivity (Wildman–Crippen MR) is 84.6 cm³/mol. The topological polar surface area (TPSA) is 55.4 Å². The van der Waals surface area contributed by atoms with Gasteiger partial charge in [0.05, 0.1) is 10.5 Å². The van der Waals surface area contributed by atoms with Gasteiger partial charge in [0.1, 0.15) is 0 Å². The van der Waals surface area contributed by atoms with Crippen molar-refractivity contribution >= 4 is 27.5 Å². The van der Waals surface area contributed by atoms with E-state index in [2.05, 4.69) is 42.8 Å². The molecule has 0 aliphatic carbocycles. The van der Waals surface area contributed by atoms with E-state index in [0.717, 1.165) is 16.7 Å². The van der Waals surface area contributed by atoms with Gasteiger partial charge in [-0.2, -0.15) is 5.10 Å². The van der Waals surface area contributed by atoms with E-state index in [1.54, 1.807) is 23.0 Å². The van der Waals surface area contributed by atoms with Crippen molar-refractivity contribution in [2.24, 2.45) is 0 Å². The fourth-order valence-corrected chi connectivity index (χ4v) is 3.26. The van der Waals surface area contributed by atoms with Gasteiger partial charge in [-0.25, -0.2) is 9.50 Å². The molecule has 112 valence electrons. The van der Waals surface area contributed by atoms with Crippen LogP contribution in [0.1, 0.15) is 29.1 Å². The highest BCUT2D eigenvalue weighted by molar-refractivity contribution is 9.10. The first kappa shape index (κ1) is 13.5. The molecule has 3 aromatic heterocycles. The van der Waals surface area contributed by atoms with Crippen molar-refractivity contribution in [3.05, 3.63) is 52.7 Å². The zero-order valence-electron chi connectivity index (χ0n) is 12.0. The molecule has 1 amide bonds. The molecule has 1 atom stereocenters. The molecule has 0 spiro atoms. The first-order valence-corrected chi connectivity index (χ1v) is 7.90. The highest BCUT2D eigenvalue weighted by Crippen LogP contribution is 2.26. The van der Waals surface area contributed by atoms with E-state index < -0.39 is 0 Å². The Morgan fingerprint density at radius 2 is 2.27 bits per heavy atom. The third-order valence-electron chi connectivity index (χ3n) is 4.10. The molecule has 0 bridgehead atoms. The highest BCUT2D eigenvalue weighted by Gasteiger charge is 2.29. The molecular weight excluding hydrogens is 346 g/mol. The summed E-state index contributed by atoms with van der Waals surface area (Å²) in [4.78, 5) is 18.9. The molecule has 0 saturated carbocycles. The van der Waals surface area contributed by atoms with Crippen LogP contribution in [0.2, 0.25) is 0 Å². The summed E-state index contributed by atoms with van der Waals surface area (Å²) < 4.78 is 4.64. The first-order chi connectivity index (χ1) is 10.6. The molecule has 0 saturated heterocycles. The molecule has 7 heteroatoms. The van der Waals surface area contributed by atoms with E-state index >= 15 is 0 Å². The quantitative estimate of drug-likeness (QED) is 0.670. The summed E-state index contributed by atoms with van der Waals surface area (Å²) in [7, 11) is 0. The Kier molecular flexibility index (Phi) is 3.04. The number of amides is 1. The maximum Gasteiger partial charge on any atom is 0.275 e. The molecule has 0 fully saturated rings. The number of rotatable bonds is 1. The summed E-state index contributed by atoms with van der Waals surface area (Å²) in [5.41, 5.74) is 2.25. The largest absolute Gasteiger partial charge is 0.348 e. The Bertz CT molecular complexity index is 868. The second-order valence-electron chi connectivity index (χ2n) is 5.41. The summed E-state index contributed by atoms with van der Waals surface area (Å²) >= 11 is 3.36. The Morgan fingerprint density at radius 3 is 3.14 bits per heavy atom. The third-order valence-corrected chi connectivity index (χ3v) is 4.51. The van der Waals surface area contributed by atoms with Crippen LogP contribution in [0.5, 0.6) is 0 Å². The van der Waals surface area contributed by atoms with Crippen molar-refractivity contribution < 1.29 is 4.79 Å². The standard InChI is InChI=1S/C15H14BrN5O/c1-10-13-3-2-4-19(13)5-6-20(10)15(22)12-7-14-17-8-11(16)9-21(14)18-12/h2-4,7-10H,5-6H2,1H3. The minimum absolute atomic E-state index is 0.0424. The monoisotopic (exact) mass is 359 g/mol. The molecule has 6 nitrogen and oxygen atoms in total. The van der Waals surface area contributed by atoms with E-state index in [4.69, 9.17) is 0 Å². The lowest BCUT2D eigenvalue weighted by atomic mass is 10.1. The number of fused-ring (bicyclic) bond motifs is 2. The van der Waals surface area contributed by atoms with E-state index in [0.29, 0.717) is 17.9 Å². The summed E-state index contributed by atoms with van der Waals surface area (Å²) in [6, 6.07) is 5.86. The van der Waals surface area contributed by atoms with E-state index in [9.17, 15) is 4.79 Å². The molecule has 22 heavy (non-hydrogen) atoms. The minimum atomic E-state index is -0.0541. The molecule has 1 aliphatic heterocycles. The zero-order chi connectivity index (χ0) is 15.3. The van der Waals surface area contributed by atoms with Gasteiger partial charge >= 0.3 is 0 Å². The van der Waals surface area contributed by atoms with E-state index in [1.807, 2.05) is 17.9 Å². The van der Waals surface area contributed by atoms with E-state index in [-0.39, 0.29) is 11.9 Å². The fraction of sp³-hybridized carbons (Fsp3) is 0.267. The number of carbonyl (C=O) groups is 1. The second-order valence-corrected chi connectivity index (χ2v) is 6.32. The normalized spacial score (nSPS) is 17.7. The lowest BCUT2D eigenvalue weighted by molar-refractivity contribution is 0.0637. The van der Waals surface area contributed by atoms with Crippen LogP contribution in [0.3, 0.4) is 0 Å².